The molecule has 2 unspecified atom stereocenters. The third-order valence-electron chi connectivity index (χ3n) is 11.0. The second-order valence-corrected chi connectivity index (χ2v) is 13.6. The fraction of sp³-hybridized carbons (Fsp3) is 0.583. The van der Waals surface area contributed by atoms with Crippen LogP contribution in [0.5, 0.6) is 0 Å². The summed E-state index contributed by atoms with van der Waals surface area (Å²) in [4.78, 5) is 14.8. The topological polar surface area (TPSA) is 50.8 Å². The summed E-state index contributed by atoms with van der Waals surface area (Å²) < 4.78 is 11.9. The van der Waals surface area contributed by atoms with Crippen molar-refractivity contribution in [2.75, 3.05) is 20.2 Å². The SMILES string of the molecule is C#CCN1C=C(CNC(Cc2ccccc2)C(=O)OC)OC1[C@]1(C)CCC[C@@]2(C)[C@H]1CC=C1C[C@@](C)(C=C)CC[C@@H]12. The minimum absolute atomic E-state index is 0.0465. The van der Waals surface area contributed by atoms with Gasteiger partial charge < -0.3 is 14.4 Å². The molecule has 2 saturated carbocycles. The van der Waals surface area contributed by atoms with Crippen LogP contribution in [0.2, 0.25) is 0 Å². The molecule has 5 nitrogen and oxygen atoms in total. The van der Waals surface area contributed by atoms with Gasteiger partial charge in [0.15, 0.2) is 6.23 Å². The lowest BCUT2D eigenvalue weighted by molar-refractivity contribution is -0.152. The van der Waals surface area contributed by atoms with Crippen LogP contribution in [0.15, 0.2) is 66.6 Å². The Morgan fingerprint density at radius 1 is 1.24 bits per heavy atom. The molecule has 1 aliphatic heterocycles. The van der Waals surface area contributed by atoms with E-state index in [1.807, 2.05) is 30.3 Å². The van der Waals surface area contributed by atoms with Gasteiger partial charge in [-0.1, -0.05) is 81.2 Å². The molecule has 0 spiro atoms. The summed E-state index contributed by atoms with van der Waals surface area (Å²) in [5.41, 5.74) is 3.16. The maximum Gasteiger partial charge on any atom is 0.323 e. The van der Waals surface area contributed by atoms with Crippen molar-refractivity contribution in [2.45, 2.75) is 84.4 Å². The van der Waals surface area contributed by atoms with Crippen LogP contribution in [0.1, 0.15) is 71.3 Å². The van der Waals surface area contributed by atoms with Crippen molar-refractivity contribution >= 4 is 5.97 Å². The Labute approximate surface area is 247 Å². The molecule has 1 N–H and O–H groups in total. The molecule has 0 radical (unpaired) electrons. The highest BCUT2D eigenvalue weighted by molar-refractivity contribution is 5.76. The monoisotopic (exact) mass is 556 g/mol. The Balaban J connectivity index is 1.34. The number of ether oxygens (including phenoxy) is 2. The summed E-state index contributed by atoms with van der Waals surface area (Å²) >= 11 is 0. The van der Waals surface area contributed by atoms with Gasteiger partial charge in [-0.3, -0.25) is 10.1 Å². The van der Waals surface area contributed by atoms with Gasteiger partial charge in [-0.2, -0.15) is 0 Å². The number of allylic oxidation sites excluding steroid dienone is 3. The number of carbonyl (C=O) groups is 1. The van der Waals surface area contributed by atoms with Crippen LogP contribution < -0.4 is 5.32 Å². The Kier molecular flexibility index (Phi) is 8.44. The van der Waals surface area contributed by atoms with E-state index in [2.05, 4.69) is 61.8 Å². The second-order valence-electron chi connectivity index (χ2n) is 13.6. The first-order valence-corrected chi connectivity index (χ1v) is 15.4. The van der Waals surface area contributed by atoms with Crippen LogP contribution in [0, 0.1) is 40.4 Å². The molecule has 2 fully saturated rings. The fourth-order valence-corrected chi connectivity index (χ4v) is 8.74. The summed E-state index contributed by atoms with van der Waals surface area (Å²) in [5.74, 6) is 4.56. The lowest BCUT2D eigenvalue weighted by Gasteiger charge is -2.61. The summed E-state index contributed by atoms with van der Waals surface area (Å²) in [6, 6.07) is 9.55. The summed E-state index contributed by atoms with van der Waals surface area (Å²) in [7, 11) is 1.44. The van der Waals surface area contributed by atoms with Gasteiger partial charge in [0.05, 0.1) is 20.2 Å². The largest absolute Gasteiger partial charge is 0.471 e. The fourth-order valence-electron chi connectivity index (χ4n) is 8.74. The van der Waals surface area contributed by atoms with Gasteiger partial charge in [-0.05, 0) is 73.2 Å². The van der Waals surface area contributed by atoms with E-state index in [1.165, 1.54) is 32.8 Å². The Bertz CT molecular complexity index is 1230. The van der Waals surface area contributed by atoms with Crippen LogP contribution >= 0.6 is 0 Å². The first-order valence-electron chi connectivity index (χ1n) is 15.4. The third-order valence-corrected chi connectivity index (χ3v) is 11.0. The molecule has 1 aromatic carbocycles. The van der Waals surface area contributed by atoms with Gasteiger partial charge in [-0.15, -0.1) is 13.0 Å². The molecular weight excluding hydrogens is 508 g/mol. The van der Waals surface area contributed by atoms with E-state index >= 15 is 0 Å². The number of terminal acetylenes is 1. The normalized spacial score (nSPS) is 35.1. The molecule has 0 aromatic heterocycles. The number of benzene rings is 1. The van der Waals surface area contributed by atoms with E-state index in [9.17, 15) is 4.79 Å². The van der Waals surface area contributed by atoms with Crippen molar-refractivity contribution in [3.8, 4) is 12.3 Å². The average molecular weight is 557 g/mol. The highest BCUT2D eigenvalue weighted by atomic mass is 16.5. The van der Waals surface area contributed by atoms with Crippen molar-refractivity contribution in [3.05, 3.63) is 72.2 Å². The van der Waals surface area contributed by atoms with E-state index in [0.717, 1.165) is 30.6 Å². The molecule has 41 heavy (non-hydrogen) atoms. The second kappa shape index (κ2) is 11.7. The highest BCUT2D eigenvalue weighted by Gasteiger charge is 2.59. The minimum Gasteiger partial charge on any atom is -0.471 e. The Hall–Kier alpha value is -2.97. The zero-order valence-electron chi connectivity index (χ0n) is 25.5. The number of hydrogen-bond donors (Lipinski definition) is 1. The zero-order chi connectivity index (χ0) is 29.3. The maximum absolute atomic E-state index is 12.6. The van der Waals surface area contributed by atoms with E-state index in [4.69, 9.17) is 15.9 Å². The lowest BCUT2D eigenvalue weighted by Crippen LogP contribution is -2.57. The smallest absolute Gasteiger partial charge is 0.323 e. The third kappa shape index (κ3) is 5.61. The van der Waals surface area contributed by atoms with E-state index < -0.39 is 6.04 Å². The van der Waals surface area contributed by atoms with Crippen molar-refractivity contribution in [2.24, 2.45) is 28.1 Å². The van der Waals surface area contributed by atoms with Gasteiger partial charge in [0.2, 0.25) is 0 Å². The predicted molar refractivity (Wildman–Crippen MR) is 164 cm³/mol. The van der Waals surface area contributed by atoms with Crippen LogP contribution in [0.25, 0.3) is 0 Å². The average Bonchev–Trinajstić information content (AvgIpc) is 3.38. The lowest BCUT2D eigenvalue weighted by atomic mass is 9.45. The number of rotatable bonds is 9. The quantitative estimate of drug-likeness (QED) is 0.210. The molecule has 1 heterocycles. The van der Waals surface area contributed by atoms with Gasteiger partial charge in [0.1, 0.15) is 11.8 Å². The van der Waals surface area contributed by atoms with E-state index in [0.29, 0.717) is 31.3 Å². The van der Waals surface area contributed by atoms with Crippen molar-refractivity contribution < 1.29 is 14.3 Å². The molecule has 4 aliphatic rings. The summed E-state index contributed by atoms with van der Waals surface area (Å²) in [5, 5.41) is 3.41. The predicted octanol–water partition coefficient (Wildman–Crippen LogP) is 6.63. The zero-order valence-corrected chi connectivity index (χ0v) is 25.5. The molecule has 1 aromatic rings. The number of nitrogens with zero attached hydrogens (tertiary/aromatic N) is 1. The maximum atomic E-state index is 12.6. The van der Waals surface area contributed by atoms with Crippen molar-refractivity contribution in [1.82, 2.24) is 10.2 Å². The summed E-state index contributed by atoms with van der Waals surface area (Å²) in [6.07, 6.45) is 21.4. The van der Waals surface area contributed by atoms with Crippen LogP contribution in [-0.2, 0) is 20.7 Å². The van der Waals surface area contributed by atoms with Crippen LogP contribution in [0.3, 0.4) is 0 Å². The summed E-state index contributed by atoms with van der Waals surface area (Å²) in [6.45, 7) is 12.5. The Morgan fingerprint density at radius 2 is 2.00 bits per heavy atom. The molecule has 0 bridgehead atoms. The van der Waals surface area contributed by atoms with Crippen LogP contribution in [0.4, 0.5) is 0 Å². The number of fused-ring (bicyclic) bond motifs is 3. The molecule has 3 aliphatic carbocycles. The minimum atomic E-state index is -0.463. The van der Waals surface area contributed by atoms with E-state index in [1.54, 1.807) is 5.57 Å². The van der Waals surface area contributed by atoms with Crippen molar-refractivity contribution in [1.29, 1.82) is 0 Å². The standard InChI is InChI=1S/C36H48N2O3/c1-7-21-38-25-28(24-37-30(32(39)40-6)22-26-13-10-9-11-14-26)41-33(38)36(5)19-12-18-35(4)29-17-20-34(3,8-2)23-27(29)15-16-31(35)36/h1,8-11,13-15,25,29-31,33,37H,2,12,16-24H2,3-6H3/t29-,30?,31+,33?,34-,35+,36+/m0/s1. The number of nitrogens with one attached hydrogen (secondary N) is 1. The number of methoxy groups -OCH3 is 1. The first-order chi connectivity index (χ1) is 19.7. The highest BCUT2D eigenvalue weighted by Crippen LogP contribution is 2.65. The van der Waals surface area contributed by atoms with Gasteiger partial charge in [-0.25, -0.2) is 0 Å². The van der Waals surface area contributed by atoms with E-state index in [-0.39, 0.29) is 28.4 Å². The molecular formula is C36H48N2O3. The molecule has 5 rings (SSSR count). The number of carbonyl (C=O) groups excluding carboxylic acids is 1. The molecule has 220 valence electrons. The number of hydrogen-bond acceptors (Lipinski definition) is 5. The van der Waals surface area contributed by atoms with Gasteiger partial charge in [0, 0.05) is 11.6 Å². The first kappa shape index (κ1) is 29.5. The van der Waals surface area contributed by atoms with Crippen molar-refractivity contribution in [3.63, 3.8) is 0 Å². The molecule has 7 atom stereocenters. The van der Waals surface area contributed by atoms with Gasteiger partial charge >= 0.3 is 5.97 Å². The van der Waals surface area contributed by atoms with Gasteiger partial charge in [0.25, 0.3) is 0 Å². The Morgan fingerprint density at radius 3 is 2.71 bits per heavy atom. The molecule has 0 saturated heterocycles. The molecule has 0 amide bonds. The molecule has 5 heteroatoms. The van der Waals surface area contributed by atoms with Crippen LogP contribution in [-0.4, -0.2) is 43.3 Å². The number of esters is 1.